The summed E-state index contributed by atoms with van der Waals surface area (Å²) in [4.78, 5) is 0. The number of nitrogens with one attached hydrogen (secondary N) is 1. The van der Waals surface area contributed by atoms with Crippen molar-refractivity contribution in [2.24, 2.45) is 11.3 Å². The van der Waals surface area contributed by atoms with Crippen molar-refractivity contribution < 1.29 is 0 Å². The van der Waals surface area contributed by atoms with Gasteiger partial charge in [-0.3, -0.25) is 0 Å². The maximum absolute atomic E-state index is 6.06. The Morgan fingerprint density at radius 1 is 1.33 bits per heavy atom. The van der Waals surface area contributed by atoms with E-state index in [2.05, 4.69) is 38.2 Å². The average Bonchev–Trinajstić information content (AvgIpc) is 3.06. The predicted octanol–water partition coefficient (Wildman–Crippen LogP) is 4.30. The standard InChI is InChI=1S/C16H24ClN/c1-16(2,3)13(11-18-15-7-8-15)9-12-5-4-6-14(17)10-12/h4-6,10,13,15,18H,7-9,11H2,1-3H3. The van der Waals surface area contributed by atoms with Gasteiger partial charge < -0.3 is 5.32 Å². The Hall–Kier alpha value is -0.530. The van der Waals surface area contributed by atoms with Gasteiger partial charge in [0.15, 0.2) is 0 Å². The monoisotopic (exact) mass is 265 g/mol. The van der Waals surface area contributed by atoms with Gasteiger partial charge in [0.1, 0.15) is 0 Å². The summed E-state index contributed by atoms with van der Waals surface area (Å²) in [6, 6.07) is 9.05. The lowest BCUT2D eigenvalue weighted by Crippen LogP contribution is -2.34. The quantitative estimate of drug-likeness (QED) is 0.837. The lowest BCUT2D eigenvalue weighted by atomic mass is 9.77. The molecule has 1 nitrogen and oxygen atoms in total. The molecule has 0 spiro atoms. The van der Waals surface area contributed by atoms with Crippen LogP contribution in [-0.2, 0) is 6.42 Å². The van der Waals surface area contributed by atoms with E-state index in [9.17, 15) is 0 Å². The summed E-state index contributed by atoms with van der Waals surface area (Å²) in [5.41, 5.74) is 1.67. The van der Waals surface area contributed by atoms with Gasteiger partial charge in [0.05, 0.1) is 0 Å². The van der Waals surface area contributed by atoms with Crippen LogP contribution in [0.2, 0.25) is 5.02 Å². The molecule has 18 heavy (non-hydrogen) atoms. The third-order valence-corrected chi connectivity index (χ3v) is 4.06. The maximum Gasteiger partial charge on any atom is 0.0408 e. The second-order valence-corrected chi connectivity index (χ2v) is 7.02. The van der Waals surface area contributed by atoms with Crippen molar-refractivity contribution in [1.29, 1.82) is 0 Å². The summed E-state index contributed by atoms with van der Waals surface area (Å²) in [6.45, 7) is 8.10. The number of hydrogen-bond acceptors (Lipinski definition) is 1. The van der Waals surface area contributed by atoms with Crippen molar-refractivity contribution >= 4 is 11.6 Å². The third-order valence-electron chi connectivity index (χ3n) is 3.83. The highest BCUT2D eigenvalue weighted by atomic mass is 35.5. The minimum absolute atomic E-state index is 0.324. The Kier molecular flexibility index (Phi) is 4.34. The van der Waals surface area contributed by atoms with Crippen LogP contribution in [0.1, 0.15) is 39.2 Å². The van der Waals surface area contributed by atoms with Crippen LogP contribution in [0.4, 0.5) is 0 Å². The highest BCUT2D eigenvalue weighted by Crippen LogP contribution is 2.30. The van der Waals surface area contributed by atoms with Gasteiger partial charge in [-0.25, -0.2) is 0 Å². The molecule has 1 aromatic rings. The van der Waals surface area contributed by atoms with Crippen LogP contribution in [0.15, 0.2) is 24.3 Å². The smallest absolute Gasteiger partial charge is 0.0408 e. The molecule has 0 aromatic heterocycles. The zero-order valence-electron chi connectivity index (χ0n) is 11.7. The second kappa shape index (κ2) is 5.63. The fourth-order valence-electron chi connectivity index (χ4n) is 2.23. The Morgan fingerprint density at radius 2 is 2.06 bits per heavy atom. The molecule has 1 aliphatic rings. The van der Waals surface area contributed by atoms with Crippen molar-refractivity contribution in [2.75, 3.05) is 6.54 Å². The Morgan fingerprint density at radius 3 is 2.61 bits per heavy atom. The zero-order chi connectivity index (χ0) is 13.2. The topological polar surface area (TPSA) is 12.0 Å². The van der Waals surface area contributed by atoms with Crippen LogP contribution in [0, 0.1) is 11.3 Å². The Balaban J connectivity index is 1.99. The van der Waals surface area contributed by atoms with Crippen LogP contribution in [0.5, 0.6) is 0 Å². The van der Waals surface area contributed by atoms with E-state index < -0.39 is 0 Å². The number of hydrogen-bond donors (Lipinski definition) is 1. The third kappa shape index (κ3) is 4.29. The summed E-state index contributed by atoms with van der Waals surface area (Å²) in [5.74, 6) is 0.650. The predicted molar refractivity (Wildman–Crippen MR) is 79.1 cm³/mol. The highest BCUT2D eigenvalue weighted by molar-refractivity contribution is 6.30. The first-order chi connectivity index (χ1) is 8.45. The van der Waals surface area contributed by atoms with Gasteiger partial charge in [-0.2, -0.15) is 0 Å². The van der Waals surface area contributed by atoms with Gasteiger partial charge in [0.2, 0.25) is 0 Å². The lowest BCUT2D eigenvalue weighted by molar-refractivity contribution is 0.230. The molecular formula is C16H24ClN. The van der Waals surface area contributed by atoms with E-state index in [1.807, 2.05) is 12.1 Å². The fourth-order valence-corrected chi connectivity index (χ4v) is 2.44. The molecule has 1 aromatic carbocycles. The Labute approximate surface area is 116 Å². The number of benzene rings is 1. The summed E-state index contributed by atoms with van der Waals surface area (Å²) in [6.07, 6.45) is 3.81. The molecule has 2 rings (SSSR count). The van der Waals surface area contributed by atoms with Crippen LogP contribution in [0.25, 0.3) is 0 Å². The van der Waals surface area contributed by atoms with Gasteiger partial charge in [0, 0.05) is 11.1 Å². The van der Waals surface area contributed by atoms with Crippen molar-refractivity contribution in [2.45, 2.75) is 46.1 Å². The lowest BCUT2D eigenvalue weighted by Gasteiger charge is -2.31. The minimum atomic E-state index is 0.324. The molecule has 0 radical (unpaired) electrons. The molecule has 100 valence electrons. The fraction of sp³-hybridized carbons (Fsp3) is 0.625. The summed E-state index contributed by atoms with van der Waals surface area (Å²) in [5, 5.41) is 4.51. The molecule has 0 heterocycles. The minimum Gasteiger partial charge on any atom is -0.314 e. The molecule has 1 unspecified atom stereocenters. The summed E-state index contributed by atoms with van der Waals surface area (Å²) < 4.78 is 0. The molecule has 0 saturated heterocycles. The first-order valence-corrected chi connectivity index (χ1v) is 7.31. The number of halogens is 1. The average molecular weight is 266 g/mol. The van der Waals surface area contributed by atoms with E-state index >= 15 is 0 Å². The van der Waals surface area contributed by atoms with Crippen molar-refractivity contribution in [3.63, 3.8) is 0 Å². The zero-order valence-corrected chi connectivity index (χ0v) is 12.4. The highest BCUT2D eigenvalue weighted by Gasteiger charge is 2.28. The molecule has 0 bridgehead atoms. The van der Waals surface area contributed by atoms with Gasteiger partial charge in [-0.15, -0.1) is 0 Å². The molecule has 2 heteroatoms. The second-order valence-electron chi connectivity index (χ2n) is 6.58. The molecule has 1 aliphatic carbocycles. The van der Waals surface area contributed by atoms with E-state index in [1.165, 1.54) is 18.4 Å². The van der Waals surface area contributed by atoms with E-state index in [1.54, 1.807) is 0 Å². The van der Waals surface area contributed by atoms with Gasteiger partial charge in [-0.05, 0) is 54.8 Å². The Bertz CT molecular complexity index is 390. The van der Waals surface area contributed by atoms with Crippen LogP contribution < -0.4 is 5.32 Å². The van der Waals surface area contributed by atoms with Gasteiger partial charge in [0.25, 0.3) is 0 Å². The normalized spacial score (nSPS) is 17.8. The first kappa shape index (κ1) is 13.9. The van der Waals surface area contributed by atoms with Gasteiger partial charge in [-0.1, -0.05) is 44.5 Å². The van der Waals surface area contributed by atoms with Crippen molar-refractivity contribution in [3.05, 3.63) is 34.9 Å². The molecule has 1 saturated carbocycles. The van der Waals surface area contributed by atoms with Crippen LogP contribution in [-0.4, -0.2) is 12.6 Å². The molecule has 1 fully saturated rings. The van der Waals surface area contributed by atoms with Crippen LogP contribution in [0.3, 0.4) is 0 Å². The van der Waals surface area contributed by atoms with E-state index in [0.717, 1.165) is 24.0 Å². The SMILES string of the molecule is CC(C)(C)C(CNC1CC1)Cc1cccc(Cl)c1. The van der Waals surface area contributed by atoms with Gasteiger partial charge >= 0.3 is 0 Å². The molecule has 0 amide bonds. The van der Waals surface area contributed by atoms with E-state index in [4.69, 9.17) is 11.6 Å². The summed E-state index contributed by atoms with van der Waals surface area (Å²) >= 11 is 6.06. The molecule has 0 aliphatic heterocycles. The van der Waals surface area contributed by atoms with Crippen LogP contribution >= 0.6 is 11.6 Å². The van der Waals surface area contributed by atoms with Crippen molar-refractivity contribution in [1.82, 2.24) is 5.32 Å². The number of rotatable bonds is 5. The summed E-state index contributed by atoms with van der Waals surface area (Å²) in [7, 11) is 0. The van der Waals surface area contributed by atoms with E-state index in [-0.39, 0.29) is 0 Å². The van der Waals surface area contributed by atoms with Crippen molar-refractivity contribution in [3.8, 4) is 0 Å². The molecule has 1 atom stereocenters. The largest absolute Gasteiger partial charge is 0.314 e. The molecule has 1 N–H and O–H groups in total. The maximum atomic E-state index is 6.06. The van der Waals surface area contributed by atoms with E-state index in [0.29, 0.717) is 11.3 Å². The first-order valence-electron chi connectivity index (χ1n) is 6.93. The molecular weight excluding hydrogens is 242 g/mol.